The van der Waals surface area contributed by atoms with Gasteiger partial charge >= 0.3 is 0 Å². The zero-order valence-electron chi connectivity index (χ0n) is 7.05. The summed E-state index contributed by atoms with van der Waals surface area (Å²) in [6.07, 6.45) is -4.53. The molecule has 14 heavy (non-hydrogen) atoms. The highest BCUT2D eigenvalue weighted by atomic mass is 79.9. The van der Waals surface area contributed by atoms with Crippen molar-refractivity contribution in [1.82, 2.24) is 0 Å². The molecule has 1 atom stereocenters. The Morgan fingerprint density at radius 2 is 2.07 bits per heavy atom. The zero-order chi connectivity index (χ0) is 10.7. The fourth-order valence-corrected chi connectivity index (χ4v) is 1.75. The molecule has 0 aromatic heterocycles. The number of aliphatic hydroxyl groups is 1. The largest absolute Gasteiger partial charge is 0.387 e. The number of rotatable bonds is 3. The van der Waals surface area contributed by atoms with Crippen LogP contribution >= 0.6 is 27.5 Å². The third-order valence-electron chi connectivity index (χ3n) is 1.74. The van der Waals surface area contributed by atoms with Crippen molar-refractivity contribution in [3.05, 3.63) is 33.3 Å². The molecule has 78 valence electrons. The van der Waals surface area contributed by atoms with Crippen LogP contribution in [0.1, 0.15) is 5.56 Å². The van der Waals surface area contributed by atoms with Gasteiger partial charge in [0.25, 0.3) is 6.43 Å². The number of hydrogen-bond acceptors (Lipinski definition) is 1. The lowest BCUT2D eigenvalue weighted by Crippen LogP contribution is -2.20. The summed E-state index contributed by atoms with van der Waals surface area (Å²) < 4.78 is 24.8. The summed E-state index contributed by atoms with van der Waals surface area (Å²) >= 11 is 8.99. The van der Waals surface area contributed by atoms with Gasteiger partial charge < -0.3 is 5.11 Å². The minimum absolute atomic E-state index is 0.135. The maximum atomic E-state index is 12.0. The van der Waals surface area contributed by atoms with Gasteiger partial charge in [-0.2, -0.15) is 0 Å². The minimum Gasteiger partial charge on any atom is -0.387 e. The molecular weight excluding hydrogens is 277 g/mol. The van der Waals surface area contributed by atoms with Crippen molar-refractivity contribution < 1.29 is 13.9 Å². The van der Waals surface area contributed by atoms with E-state index < -0.39 is 12.5 Å². The third kappa shape index (κ3) is 3.19. The van der Waals surface area contributed by atoms with Gasteiger partial charge in [-0.3, -0.25) is 0 Å². The molecule has 0 aliphatic heterocycles. The lowest BCUT2D eigenvalue weighted by Gasteiger charge is -2.10. The van der Waals surface area contributed by atoms with Gasteiger partial charge in [0.1, 0.15) is 6.10 Å². The molecule has 0 heterocycles. The van der Waals surface area contributed by atoms with E-state index in [-0.39, 0.29) is 6.42 Å². The summed E-state index contributed by atoms with van der Waals surface area (Å²) in [7, 11) is 0. The Bertz CT molecular complexity index is 320. The van der Waals surface area contributed by atoms with Crippen molar-refractivity contribution in [3.8, 4) is 0 Å². The predicted octanol–water partition coefficient (Wildman–Crippen LogP) is 3.27. The summed E-state index contributed by atoms with van der Waals surface area (Å²) in [5, 5.41) is 9.33. The van der Waals surface area contributed by atoms with Crippen LogP contribution in [0.15, 0.2) is 22.7 Å². The molecule has 1 aromatic carbocycles. The first-order chi connectivity index (χ1) is 6.50. The van der Waals surface area contributed by atoms with Crippen LogP contribution in [-0.2, 0) is 6.42 Å². The summed E-state index contributed by atoms with van der Waals surface area (Å²) in [6, 6.07) is 4.91. The van der Waals surface area contributed by atoms with E-state index in [2.05, 4.69) is 15.9 Å². The summed E-state index contributed by atoms with van der Waals surface area (Å²) in [5.74, 6) is 0. The predicted molar refractivity (Wildman–Crippen MR) is 54.9 cm³/mol. The second-order valence-corrected chi connectivity index (χ2v) is 4.16. The average Bonchev–Trinajstić information content (AvgIpc) is 2.09. The Morgan fingerprint density at radius 1 is 1.43 bits per heavy atom. The number of aliphatic hydroxyl groups excluding tert-OH is 1. The lowest BCUT2D eigenvalue weighted by molar-refractivity contribution is -0.00364. The maximum absolute atomic E-state index is 12.0. The van der Waals surface area contributed by atoms with Gasteiger partial charge in [0.05, 0.1) is 0 Å². The number of halogens is 4. The molecular formula is C9H8BrClF2O. The standard InChI is InChI=1S/C9H8BrClF2O/c10-6-2-1-5(7(11)4-6)3-8(14)9(12)13/h1-2,4,8-9,14H,3H2. The van der Waals surface area contributed by atoms with Crippen LogP contribution in [0.25, 0.3) is 0 Å². The monoisotopic (exact) mass is 284 g/mol. The summed E-state index contributed by atoms with van der Waals surface area (Å²) in [6.45, 7) is 0. The number of hydrogen-bond donors (Lipinski definition) is 1. The van der Waals surface area contributed by atoms with Crippen molar-refractivity contribution in [3.63, 3.8) is 0 Å². The number of benzene rings is 1. The van der Waals surface area contributed by atoms with Crippen molar-refractivity contribution in [1.29, 1.82) is 0 Å². The second-order valence-electron chi connectivity index (χ2n) is 2.84. The molecule has 0 fully saturated rings. The highest BCUT2D eigenvalue weighted by Gasteiger charge is 2.18. The highest BCUT2D eigenvalue weighted by molar-refractivity contribution is 9.10. The smallest absolute Gasteiger partial charge is 0.264 e. The van der Waals surface area contributed by atoms with Crippen LogP contribution in [-0.4, -0.2) is 17.6 Å². The van der Waals surface area contributed by atoms with Gasteiger partial charge in [-0.15, -0.1) is 0 Å². The van der Waals surface area contributed by atoms with Crippen LogP contribution in [0.4, 0.5) is 8.78 Å². The van der Waals surface area contributed by atoms with E-state index in [1.807, 2.05) is 0 Å². The van der Waals surface area contributed by atoms with E-state index in [0.29, 0.717) is 10.6 Å². The first-order valence-electron chi connectivity index (χ1n) is 3.91. The third-order valence-corrected chi connectivity index (χ3v) is 2.58. The first kappa shape index (κ1) is 11.9. The molecule has 0 aliphatic rings. The van der Waals surface area contributed by atoms with Crippen molar-refractivity contribution >= 4 is 27.5 Å². The van der Waals surface area contributed by atoms with E-state index in [4.69, 9.17) is 16.7 Å². The van der Waals surface area contributed by atoms with Crippen molar-refractivity contribution in [2.24, 2.45) is 0 Å². The molecule has 0 saturated carbocycles. The highest BCUT2D eigenvalue weighted by Crippen LogP contribution is 2.23. The van der Waals surface area contributed by atoms with Gasteiger partial charge in [-0.25, -0.2) is 8.78 Å². The van der Waals surface area contributed by atoms with E-state index in [0.717, 1.165) is 4.47 Å². The van der Waals surface area contributed by atoms with Crippen molar-refractivity contribution in [2.75, 3.05) is 0 Å². The molecule has 0 saturated heterocycles. The molecule has 0 radical (unpaired) electrons. The second kappa shape index (κ2) is 5.05. The zero-order valence-corrected chi connectivity index (χ0v) is 9.39. The normalized spacial score (nSPS) is 13.3. The fourth-order valence-electron chi connectivity index (χ4n) is 1.00. The molecule has 1 nitrogen and oxygen atoms in total. The van der Waals surface area contributed by atoms with Crippen LogP contribution in [0.5, 0.6) is 0 Å². The Labute approximate surface area is 93.8 Å². The van der Waals surface area contributed by atoms with E-state index in [9.17, 15) is 8.78 Å². The van der Waals surface area contributed by atoms with Crippen LogP contribution in [0, 0.1) is 0 Å². The van der Waals surface area contributed by atoms with E-state index in [1.165, 1.54) is 0 Å². The first-order valence-corrected chi connectivity index (χ1v) is 5.08. The van der Waals surface area contributed by atoms with Gasteiger partial charge in [0.2, 0.25) is 0 Å². The minimum atomic E-state index is -2.74. The van der Waals surface area contributed by atoms with E-state index in [1.54, 1.807) is 18.2 Å². The van der Waals surface area contributed by atoms with Crippen LogP contribution < -0.4 is 0 Å². The van der Waals surface area contributed by atoms with Crippen molar-refractivity contribution in [2.45, 2.75) is 19.0 Å². The Balaban J connectivity index is 2.77. The van der Waals surface area contributed by atoms with E-state index >= 15 is 0 Å². The molecule has 1 aromatic rings. The Hall–Kier alpha value is -0.190. The average molecular weight is 286 g/mol. The van der Waals surface area contributed by atoms with Gasteiger partial charge in [0.15, 0.2) is 0 Å². The van der Waals surface area contributed by atoms with Gasteiger partial charge in [0, 0.05) is 15.9 Å². The SMILES string of the molecule is OC(Cc1ccc(Br)cc1Cl)C(F)F. The molecule has 0 bridgehead atoms. The van der Waals surface area contributed by atoms with Gasteiger partial charge in [-0.05, 0) is 17.7 Å². The fraction of sp³-hybridized carbons (Fsp3) is 0.333. The Morgan fingerprint density at radius 3 is 2.57 bits per heavy atom. The molecule has 0 amide bonds. The number of alkyl halides is 2. The maximum Gasteiger partial charge on any atom is 0.264 e. The van der Waals surface area contributed by atoms with Gasteiger partial charge in [-0.1, -0.05) is 33.6 Å². The Kier molecular flexibility index (Phi) is 4.29. The molecule has 0 spiro atoms. The molecule has 0 aliphatic carbocycles. The lowest BCUT2D eigenvalue weighted by atomic mass is 10.1. The summed E-state index contributed by atoms with van der Waals surface area (Å²) in [5.41, 5.74) is 0.516. The molecule has 1 N–H and O–H groups in total. The topological polar surface area (TPSA) is 20.2 Å². The molecule has 1 unspecified atom stereocenters. The van der Waals surface area contributed by atoms with Crippen LogP contribution in [0.2, 0.25) is 5.02 Å². The quantitative estimate of drug-likeness (QED) is 0.904. The molecule has 5 heteroatoms. The summed E-state index contributed by atoms with van der Waals surface area (Å²) in [4.78, 5) is 0. The van der Waals surface area contributed by atoms with Crippen LogP contribution in [0.3, 0.4) is 0 Å². The molecule has 1 rings (SSSR count).